The van der Waals surface area contributed by atoms with E-state index >= 15 is 0 Å². The molecule has 0 bridgehead atoms. The summed E-state index contributed by atoms with van der Waals surface area (Å²) in [5.74, 6) is 0.925. The third kappa shape index (κ3) is 3.62. The van der Waals surface area contributed by atoms with E-state index in [1.807, 2.05) is 6.92 Å². The van der Waals surface area contributed by atoms with Gasteiger partial charge in [0.1, 0.15) is 18.0 Å². The summed E-state index contributed by atoms with van der Waals surface area (Å²) >= 11 is 6.18. The molecular formula is C15H21ClO3. The number of hydrogen-bond acceptors (Lipinski definition) is 3. The number of benzene rings is 1. The first kappa shape index (κ1) is 14.6. The molecule has 2 rings (SSSR count). The van der Waals surface area contributed by atoms with Crippen molar-refractivity contribution in [2.75, 3.05) is 20.3 Å². The lowest BCUT2D eigenvalue weighted by Crippen LogP contribution is -2.53. The Balaban J connectivity index is 1.93. The largest absolute Gasteiger partial charge is 0.487 e. The van der Waals surface area contributed by atoms with Gasteiger partial charge in [-0.15, -0.1) is 11.6 Å². The van der Waals surface area contributed by atoms with E-state index in [0.29, 0.717) is 13.2 Å². The molecule has 1 aromatic carbocycles. The van der Waals surface area contributed by atoms with E-state index in [1.165, 1.54) is 5.56 Å². The summed E-state index contributed by atoms with van der Waals surface area (Å²) in [6.07, 6.45) is 0.823. The zero-order valence-corrected chi connectivity index (χ0v) is 12.4. The summed E-state index contributed by atoms with van der Waals surface area (Å²) in [6, 6.07) is 6.21. The van der Waals surface area contributed by atoms with Crippen LogP contribution in [0.4, 0.5) is 0 Å². The second-order valence-electron chi connectivity index (χ2n) is 5.01. The van der Waals surface area contributed by atoms with E-state index in [1.54, 1.807) is 7.11 Å². The van der Waals surface area contributed by atoms with Gasteiger partial charge in [0.05, 0.1) is 18.6 Å². The summed E-state index contributed by atoms with van der Waals surface area (Å²) in [6.45, 7) is 5.24. The van der Waals surface area contributed by atoms with Crippen molar-refractivity contribution in [2.45, 2.75) is 37.9 Å². The first-order valence-corrected chi connectivity index (χ1v) is 7.04. The minimum absolute atomic E-state index is 0.0342. The third-order valence-electron chi connectivity index (χ3n) is 3.40. The lowest BCUT2D eigenvalue weighted by Gasteiger charge is -2.40. The van der Waals surface area contributed by atoms with Gasteiger partial charge in [0.25, 0.3) is 0 Å². The number of halogens is 1. The van der Waals surface area contributed by atoms with Crippen molar-refractivity contribution in [1.29, 1.82) is 0 Å². The summed E-state index contributed by atoms with van der Waals surface area (Å²) in [7, 11) is 1.66. The van der Waals surface area contributed by atoms with E-state index in [0.717, 1.165) is 17.7 Å². The molecular weight excluding hydrogens is 264 g/mol. The van der Waals surface area contributed by atoms with Gasteiger partial charge in [-0.25, -0.2) is 0 Å². The van der Waals surface area contributed by atoms with E-state index in [-0.39, 0.29) is 17.6 Å². The van der Waals surface area contributed by atoms with E-state index in [4.69, 9.17) is 25.8 Å². The van der Waals surface area contributed by atoms with Crippen LogP contribution in [-0.4, -0.2) is 37.9 Å². The molecule has 0 heterocycles. The monoisotopic (exact) mass is 284 g/mol. The molecule has 0 amide bonds. The second-order valence-corrected chi connectivity index (χ2v) is 5.57. The molecule has 1 aromatic rings. The van der Waals surface area contributed by atoms with Crippen molar-refractivity contribution < 1.29 is 14.2 Å². The number of rotatable bonds is 6. The number of ether oxygens (including phenoxy) is 3. The zero-order valence-electron chi connectivity index (χ0n) is 11.7. The van der Waals surface area contributed by atoms with Crippen LogP contribution in [-0.2, 0) is 9.47 Å². The highest BCUT2D eigenvalue weighted by atomic mass is 35.5. The molecule has 0 saturated heterocycles. The zero-order chi connectivity index (χ0) is 13.8. The van der Waals surface area contributed by atoms with Crippen molar-refractivity contribution in [2.24, 2.45) is 0 Å². The van der Waals surface area contributed by atoms with E-state index < -0.39 is 0 Å². The summed E-state index contributed by atoms with van der Waals surface area (Å²) in [5.41, 5.74) is 2.33. The molecule has 0 N–H and O–H groups in total. The fourth-order valence-electron chi connectivity index (χ4n) is 2.12. The van der Waals surface area contributed by atoms with Gasteiger partial charge in [-0.1, -0.05) is 12.1 Å². The average Bonchev–Trinajstić information content (AvgIpc) is 2.38. The predicted octanol–water partition coefficient (Wildman–Crippen LogP) is 3.09. The molecule has 1 aliphatic carbocycles. The van der Waals surface area contributed by atoms with Crippen molar-refractivity contribution in [3.8, 4) is 5.75 Å². The molecule has 3 nitrogen and oxygen atoms in total. The maximum atomic E-state index is 6.18. The molecule has 1 saturated carbocycles. The molecule has 3 atom stereocenters. The van der Waals surface area contributed by atoms with Crippen LogP contribution in [0.3, 0.4) is 0 Å². The van der Waals surface area contributed by atoms with Gasteiger partial charge in [-0.2, -0.15) is 0 Å². The van der Waals surface area contributed by atoms with Crippen LogP contribution >= 0.6 is 11.6 Å². The first-order chi connectivity index (χ1) is 9.11. The van der Waals surface area contributed by atoms with Crippen LogP contribution in [0.5, 0.6) is 5.75 Å². The summed E-state index contributed by atoms with van der Waals surface area (Å²) in [4.78, 5) is 0. The average molecular weight is 285 g/mol. The van der Waals surface area contributed by atoms with Crippen LogP contribution in [0.2, 0.25) is 0 Å². The predicted molar refractivity (Wildman–Crippen MR) is 76.2 cm³/mol. The lowest BCUT2D eigenvalue weighted by atomic mass is 9.90. The van der Waals surface area contributed by atoms with Gasteiger partial charge in [-0.3, -0.25) is 0 Å². The number of aryl methyl sites for hydroxylation is 2. The Morgan fingerprint density at radius 3 is 2.74 bits per heavy atom. The third-order valence-corrected chi connectivity index (χ3v) is 3.83. The van der Waals surface area contributed by atoms with E-state index in [9.17, 15) is 0 Å². The Bertz CT molecular complexity index is 422. The molecule has 1 aliphatic rings. The molecule has 0 spiro atoms. The summed E-state index contributed by atoms with van der Waals surface area (Å²) in [5, 5.41) is 0.0342. The SMILES string of the molecule is COCCOC1C(Cl)CC1Oc1cc(C)ccc1C. The normalized spacial score (nSPS) is 26.0. The second kappa shape index (κ2) is 6.60. The van der Waals surface area contributed by atoms with Crippen LogP contribution in [0.15, 0.2) is 18.2 Å². The Morgan fingerprint density at radius 1 is 1.26 bits per heavy atom. The molecule has 1 fully saturated rings. The Kier molecular flexibility index (Phi) is 5.08. The molecule has 4 heteroatoms. The maximum Gasteiger partial charge on any atom is 0.128 e. The van der Waals surface area contributed by atoms with Crippen LogP contribution < -0.4 is 4.74 Å². The molecule has 106 valence electrons. The van der Waals surface area contributed by atoms with E-state index in [2.05, 4.69) is 25.1 Å². The fourth-order valence-corrected chi connectivity index (χ4v) is 2.53. The van der Waals surface area contributed by atoms with Crippen molar-refractivity contribution in [3.63, 3.8) is 0 Å². The van der Waals surface area contributed by atoms with Crippen molar-refractivity contribution in [1.82, 2.24) is 0 Å². The number of hydrogen-bond donors (Lipinski definition) is 0. The van der Waals surface area contributed by atoms with Gasteiger partial charge >= 0.3 is 0 Å². The molecule has 3 unspecified atom stereocenters. The highest BCUT2D eigenvalue weighted by Gasteiger charge is 2.42. The topological polar surface area (TPSA) is 27.7 Å². The van der Waals surface area contributed by atoms with Crippen LogP contribution in [0, 0.1) is 13.8 Å². The minimum Gasteiger partial charge on any atom is -0.487 e. The Morgan fingerprint density at radius 2 is 2.05 bits per heavy atom. The Hall–Kier alpha value is -0.770. The van der Waals surface area contributed by atoms with Gasteiger partial charge in [0.2, 0.25) is 0 Å². The quantitative estimate of drug-likeness (QED) is 0.593. The fraction of sp³-hybridized carbons (Fsp3) is 0.600. The lowest BCUT2D eigenvalue weighted by molar-refractivity contribution is -0.0900. The maximum absolute atomic E-state index is 6.18. The molecule has 0 radical (unpaired) electrons. The minimum atomic E-state index is -0.0447. The molecule has 0 aliphatic heterocycles. The standard InChI is InChI=1S/C15H21ClO3/c1-10-4-5-11(2)13(8-10)19-14-9-12(16)15(14)18-7-6-17-3/h4-5,8,12,14-15H,6-7,9H2,1-3H3. The highest BCUT2D eigenvalue weighted by molar-refractivity contribution is 6.21. The van der Waals surface area contributed by atoms with Gasteiger partial charge in [-0.05, 0) is 31.0 Å². The number of alkyl halides is 1. The van der Waals surface area contributed by atoms with Crippen molar-refractivity contribution in [3.05, 3.63) is 29.3 Å². The van der Waals surface area contributed by atoms with Crippen molar-refractivity contribution >= 4 is 11.6 Å². The van der Waals surface area contributed by atoms with Gasteiger partial charge < -0.3 is 14.2 Å². The molecule has 0 aromatic heterocycles. The molecule has 19 heavy (non-hydrogen) atoms. The van der Waals surface area contributed by atoms with Gasteiger partial charge in [0.15, 0.2) is 0 Å². The highest BCUT2D eigenvalue weighted by Crippen LogP contribution is 2.34. The summed E-state index contributed by atoms with van der Waals surface area (Å²) < 4.78 is 16.7. The Labute approximate surface area is 119 Å². The smallest absolute Gasteiger partial charge is 0.128 e. The van der Waals surface area contributed by atoms with Gasteiger partial charge in [0, 0.05) is 13.5 Å². The number of methoxy groups -OCH3 is 1. The van der Waals surface area contributed by atoms with Crippen LogP contribution in [0.25, 0.3) is 0 Å². The first-order valence-electron chi connectivity index (χ1n) is 6.60. The van der Waals surface area contributed by atoms with Crippen LogP contribution in [0.1, 0.15) is 17.5 Å².